The fraction of sp³-hybridized carbons (Fsp3) is 0.194. The molecule has 0 aliphatic heterocycles. The molecule has 4 aromatic carbocycles. The minimum Gasteiger partial charge on any atom is -0.478 e. The topological polar surface area (TPSA) is 163 Å². The average molecular weight is 637 g/mol. The highest BCUT2D eigenvalue weighted by atomic mass is 16.5. The highest BCUT2D eigenvalue weighted by Crippen LogP contribution is 2.28. The van der Waals surface area contributed by atoms with Crippen molar-refractivity contribution in [2.24, 2.45) is 0 Å². The van der Waals surface area contributed by atoms with Crippen LogP contribution < -0.4 is 21.3 Å². The van der Waals surface area contributed by atoms with E-state index in [1.54, 1.807) is 30.3 Å². The molecule has 0 saturated carbocycles. The summed E-state index contributed by atoms with van der Waals surface area (Å²) in [6.45, 7) is 1.83. The van der Waals surface area contributed by atoms with Gasteiger partial charge in [0, 0.05) is 30.4 Å². The van der Waals surface area contributed by atoms with Crippen LogP contribution in [-0.4, -0.2) is 47.5 Å². The van der Waals surface area contributed by atoms with Gasteiger partial charge in [-0.1, -0.05) is 66.7 Å². The van der Waals surface area contributed by atoms with E-state index in [0.717, 1.165) is 11.1 Å². The van der Waals surface area contributed by atoms with E-state index in [-0.39, 0.29) is 18.1 Å². The fourth-order valence-electron chi connectivity index (χ4n) is 4.79. The lowest BCUT2D eigenvalue weighted by atomic mass is 9.98. The molecular weight excluding hydrogens is 600 g/mol. The maximum Gasteiger partial charge on any atom is 0.407 e. The molecule has 0 aliphatic carbocycles. The second-order valence-electron chi connectivity index (χ2n) is 10.7. The highest BCUT2D eigenvalue weighted by Gasteiger charge is 2.21. The lowest BCUT2D eigenvalue weighted by Gasteiger charge is -2.19. The zero-order valence-electron chi connectivity index (χ0n) is 25.8. The molecule has 0 saturated heterocycles. The zero-order valence-corrected chi connectivity index (χ0v) is 25.8. The Morgan fingerprint density at radius 2 is 1.47 bits per heavy atom. The smallest absolute Gasteiger partial charge is 0.407 e. The minimum atomic E-state index is -1.11. The van der Waals surface area contributed by atoms with Crippen molar-refractivity contribution in [3.63, 3.8) is 0 Å². The van der Waals surface area contributed by atoms with Crippen LogP contribution in [0.5, 0.6) is 0 Å². The van der Waals surface area contributed by atoms with Gasteiger partial charge in [0.1, 0.15) is 12.6 Å². The monoisotopic (exact) mass is 636 g/mol. The number of anilines is 2. The molecular formula is C36H36N4O7. The van der Waals surface area contributed by atoms with Crippen molar-refractivity contribution in [3.8, 4) is 11.1 Å². The number of alkyl carbamates (subject to hydrolysis) is 1. The first-order valence-electron chi connectivity index (χ1n) is 15.1. The largest absolute Gasteiger partial charge is 0.478 e. The molecule has 11 nitrogen and oxygen atoms in total. The van der Waals surface area contributed by atoms with Gasteiger partial charge in [0.2, 0.25) is 11.8 Å². The number of hydrogen-bond donors (Lipinski definition) is 5. The van der Waals surface area contributed by atoms with E-state index in [4.69, 9.17) is 4.74 Å². The summed E-state index contributed by atoms with van der Waals surface area (Å²) in [5.74, 6) is -2.37. The normalized spacial score (nSPS) is 11.1. The van der Waals surface area contributed by atoms with E-state index in [9.17, 15) is 29.1 Å². The molecule has 242 valence electrons. The van der Waals surface area contributed by atoms with Gasteiger partial charge in [0.25, 0.3) is 5.91 Å². The van der Waals surface area contributed by atoms with E-state index in [0.29, 0.717) is 48.3 Å². The van der Waals surface area contributed by atoms with Crippen molar-refractivity contribution < 1.29 is 33.8 Å². The van der Waals surface area contributed by atoms with Crippen molar-refractivity contribution in [1.82, 2.24) is 10.6 Å². The Balaban J connectivity index is 1.38. The lowest BCUT2D eigenvalue weighted by molar-refractivity contribution is -0.125. The number of ether oxygens (including phenoxy) is 1. The van der Waals surface area contributed by atoms with Crippen LogP contribution in [0.1, 0.15) is 52.5 Å². The number of hydrogen-bond acceptors (Lipinski definition) is 6. The van der Waals surface area contributed by atoms with Crippen molar-refractivity contribution >= 4 is 41.2 Å². The summed E-state index contributed by atoms with van der Waals surface area (Å²) in [6, 6.07) is 28.4. The van der Waals surface area contributed by atoms with Crippen LogP contribution in [0.3, 0.4) is 0 Å². The molecule has 0 unspecified atom stereocenters. The van der Waals surface area contributed by atoms with Crippen LogP contribution in [0.15, 0.2) is 103 Å². The van der Waals surface area contributed by atoms with Gasteiger partial charge in [-0.3, -0.25) is 14.4 Å². The molecule has 0 heterocycles. The van der Waals surface area contributed by atoms with Gasteiger partial charge in [-0.05, 0) is 72.4 Å². The number of carbonyl (C=O) groups excluding carboxylic acids is 4. The fourth-order valence-corrected chi connectivity index (χ4v) is 4.79. The first-order chi connectivity index (χ1) is 22.7. The number of benzene rings is 4. The number of unbranched alkanes of at least 4 members (excludes halogenated alkanes) is 1. The Bertz CT molecular complexity index is 1710. The van der Waals surface area contributed by atoms with Gasteiger partial charge in [-0.25, -0.2) is 9.59 Å². The van der Waals surface area contributed by atoms with Crippen molar-refractivity contribution in [2.45, 2.75) is 38.8 Å². The maximum absolute atomic E-state index is 13.3. The van der Waals surface area contributed by atoms with E-state index < -0.39 is 29.9 Å². The number of aromatic carboxylic acids is 1. The third kappa shape index (κ3) is 10.6. The SMILES string of the molecule is CC(=O)N[C@@H](CCCCNC(=O)OCc1ccccc1)C(=O)Nc1ccc(C(=O)Nc2cccc(C(=O)O)c2)c(-c2ccccc2)c1. The number of carboxylic acids is 1. The number of rotatable bonds is 14. The van der Waals surface area contributed by atoms with E-state index in [2.05, 4.69) is 21.3 Å². The summed E-state index contributed by atoms with van der Waals surface area (Å²) in [7, 11) is 0. The maximum atomic E-state index is 13.3. The number of nitrogens with one attached hydrogen (secondary N) is 4. The Morgan fingerprint density at radius 3 is 2.17 bits per heavy atom. The predicted molar refractivity (Wildman–Crippen MR) is 178 cm³/mol. The van der Waals surface area contributed by atoms with Gasteiger partial charge in [-0.15, -0.1) is 0 Å². The average Bonchev–Trinajstić information content (AvgIpc) is 3.07. The Labute approximate surface area is 272 Å². The second kappa shape index (κ2) is 16.9. The van der Waals surface area contributed by atoms with Gasteiger partial charge in [-0.2, -0.15) is 0 Å². The van der Waals surface area contributed by atoms with Crippen LogP contribution in [0.25, 0.3) is 11.1 Å². The third-order valence-electron chi connectivity index (χ3n) is 7.08. The summed E-state index contributed by atoms with van der Waals surface area (Å²) < 4.78 is 5.20. The van der Waals surface area contributed by atoms with Crippen molar-refractivity contribution in [1.29, 1.82) is 0 Å². The molecule has 0 radical (unpaired) electrons. The summed E-state index contributed by atoms with van der Waals surface area (Å²) in [5, 5.41) is 20.3. The number of carbonyl (C=O) groups is 5. The molecule has 0 bridgehead atoms. The molecule has 0 spiro atoms. The summed E-state index contributed by atoms with van der Waals surface area (Å²) >= 11 is 0. The molecule has 0 aromatic heterocycles. The second-order valence-corrected chi connectivity index (χ2v) is 10.7. The molecule has 47 heavy (non-hydrogen) atoms. The zero-order chi connectivity index (χ0) is 33.6. The molecule has 5 N–H and O–H groups in total. The van der Waals surface area contributed by atoms with E-state index >= 15 is 0 Å². The molecule has 4 rings (SSSR count). The van der Waals surface area contributed by atoms with Gasteiger partial charge in [0.15, 0.2) is 0 Å². The van der Waals surface area contributed by atoms with Crippen LogP contribution in [0.2, 0.25) is 0 Å². The lowest BCUT2D eigenvalue weighted by Crippen LogP contribution is -2.43. The molecule has 0 aliphatic rings. The van der Waals surface area contributed by atoms with E-state index in [1.165, 1.54) is 19.1 Å². The molecule has 1 atom stereocenters. The van der Waals surface area contributed by atoms with E-state index in [1.807, 2.05) is 60.7 Å². The summed E-state index contributed by atoms with van der Waals surface area (Å²) in [6.07, 6.45) is 0.883. The first kappa shape index (κ1) is 33.9. The Hall–Kier alpha value is -5.97. The molecule has 0 fully saturated rings. The predicted octanol–water partition coefficient (Wildman–Crippen LogP) is 5.84. The first-order valence-corrected chi connectivity index (χ1v) is 15.1. The summed E-state index contributed by atoms with van der Waals surface area (Å²) in [4.78, 5) is 61.9. The van der Waals surface area contributed by atoms with Crippen molar-refractivity contribution in [3.05, 3.63) is 120 Å². The van der Waals surface area contributed by atoms with Gasteiger partial charge >= 0.3 is 12.1 Å². The van der Waals surface area contributed by atoms with Crippen LogP contribution >= 0.6 is 0 Å². The number of amides is 4. The van der Waals surface area contributed by atoms with Crippen LogP contribution in [0.4, 0.5) is 16.2 Å². The van der Waals surface area contributed by atoms with Gasteiger partial charge < -0.3 is 31.1 Å². The molecule has 11 heteroatoms. The quantitative estimate of drug-likeness (QED) is 0.109. The van der Waals surface area contributed by atoms with Crippen LogP contribution in [-0.2, 0) is 20.9 Å². The Morgan fingerprint density at radius 1 is 0.766 bits per heavy atom. The highest BCUT2D eigenvalue weighted by molar-refractivity contribution is 6.10. The van der Waals surface area contributed by atoms with Gasteiger partial charge in [0.05, 0.1) is 5.56 Å². The Kier molecular flexibility index (Phi) is 12.2. The number of carboxylic acid groups (broad SMARTS) is 1. The molecule has 4 amide bonds. The van der Waals surface area contributed by atoms with Crippen molar-refractivity contribution in [2.75, 3.05) is 17.2 Å². The molecule has 4 aromatic rings. The van der Waals surface area contributed by atoms with Crippen LogP contribution in [0, 0.1) is 0 Å². The standard InChI is InChI=1S/C36H36N4O7/c1-24(41)38-32(17-8-9-20-37-36(46)47-23-25-11-4-2-5-12-25)34(43)40-29-18-19-30(31(22-29)26-13-6-3-7-14-26)33(42)39-28-16-10-15-27(21-28)35(44)45/h2-7,10-16,18-19,21-22,32H,8-9,17,20,23H2,1H3,(H,37,46)(H,38,41)(H,39,42)(H,40,43)(H,44,45)/t32-/m0/s1. The summed E-state index contributed by atoms with van der Waals surface area (Å²) in [5.41, 5.74) is 3.22. The third-order valence-corrected chi connectivity index (χ3v) is 7.08. The minimum absolute atomic E-state index is 0.0375.